The molecule has 0 amide bonds. The lowest BCUT2D eigenvalue weighted by atomic mass is 10.1. The number of nitrogens with zero attached hydrogens (tertiary/aromatic N) is 1. The van der Waals surface area contributed by atoms with Crippen molar-refractivity contribution in [3.05, 3.63) is 51.5 Å². The smallest absolute Gasteiger partial charge is 0.0897 e. The molecule has 3 rings (SSSR count). The van der Waals surface area contributed by atoms with Crippen molar-refractivity contribution in [1.82, 2.24) is 10.3 Å². The topological polar surface area (TPSA) is 24.9 Å². The molecule has 1 aliphatic carbocycles. The summed E-state index contributed by atoms with van der Waals surface area (Å²) in [6.45, 7) is 3.08. The summed E-state index contributed by atoms with van der Waals surface area (Å²) in [4.78, 5) is 4.50. The zero-order valence-corrected chi connectivity index (χ0v) is 11.5. The van der Waals surface area contributed by atoms with E-state index in [2.05, 4.69) is 46.9 Å². The molecule has 0 saturated heterocycles. The zero-order chi connectivity index (χ0) is 12.4. The molecule has 0 saturated carbocycles. The van der Waals surface area contributed by atoms with E-state index in [9.17, 15) is 0 Å². The normalized spacial score (nSPS) is 17.9. The highest BCUT2D eigenvalue weighted by Gasteiger charge is 2.20. The van der Waals surface area contributed by atoms with E-state index in [-0.39, 0.29) is 0 Å². The van der Waals surface area contributed by atoms with Crippen LogP contribution in [0.4, 0.5) is 0 Å². The Hall–Kier alpha value is -1.19. The molecule has 2 nitrogen and oxygen atoms in total. The molecule has 1 aliphatic rings. The summed E-state index contributed by atoms with van der Waals surface area (Å²) < 4.78 is 0. The first kappa shape index (κ1) is 11.9. The van der Waals surface area contributed by atoms with Crippen molar-refractivity contribution in [3.63, 3.8) is 0 Å². The lowest BCUT2D eigenvalue weighted by Crippen LogP contribution is -2.21. The number of rotatable bonds is 4. The van der Waals surface area contributed by atoms with Crippen LogP contribution in [0.5, 0.6) is 0 Å². The molecule has 0 bridgehead atoms. The van der Waals surface area contributed by atoms with Crippen molar-refractivity contribution in [1.29, 1.82) is 0 Å². The van der Waals surface area contributed by atoms with E-state index in [1.807, 2.05) is 0 Å². The van der Waals surface area contributed by atoms with Crippen molar-refractivity contribution in [2.24, 2.45) is 0 Å². The second kappa shape index (κ2) is 5.21. The number of hydrogen-bond donors (Lipinski definition) is 1. The van der Waals surface area contributed by atoms with Crippen LogP contribution in [0.3, 0.4) is 0 Å². The lowest BCUT2D eigenvalue weighted by molar-refractivity contribution is 0.532. The highest BCUT2D eigenvalue weighted by molar-refractivity contribution is 7.09. The van der Waals surface area contributed by atoms with Crippen LogP contribution in [0.1, 0.15) is 34.3 Å². The van der Waals surface area contributed by atoms with E-state index in [0.29, 0.717) is 6.04 Å². The van der Waals surface area contributed by atoms with Gasteiger partial charge in [-0.05, 0) is 30.9 Å². The maximum atomic E-state index is 4.50. The minimum absolute atomic E-state index is 0.543. The lowest BCUT2D eigenvalue weighted by Gasteiger charge is -2.13. The van der Waals surface area contributed by atoms with Gasteiger partial charge in [0.2, 0.25) is 0 Å². The van der Waals surface area contributed by atoms with Gasteiger partial charge in [-0.1, -0.05) is 24.3 Å². The second-order valence-corrected chi connectivity index (χ2v) is 5.91. The first-order chi connectivity index (χ1) is 8.83. The number of hydrogen-bond acceptors (Lipinski definition) is 3. The van der Waals surface area contributed by atoms with E-state index >= 15 is 0 Å². The molecular weight excluding hydrogens is 240 g/mol. The maximum Gasteiger partial charge on any atom is 0.0897 e. The summed E-state index contributed by atoms with van der Waals surface area (Å²) in [6.07, 6.45) is 3.47. The SMILES string of the molecule is Cc1nc(CCNC2CCc3ccccc32)cs1. The Labute approximate surface area is 112 Å². The van der Waals surface area contributed by atoms with E-state index in [1.165, 1.54) is 29.7 Å². The highest BCUT2D eigenvalue weighted by Crippen LogP contribution is 2.30. The molecule has 0 aliphatic heterocycles. The molecule has 94 valence electrons. The Kier molecular flexibility index (Phi) is 3.43. The quantitative estimate of drug-likeness (QED) is 0.910. The molecule has 1 N–H and O–H groups in total. The Morgan fingerprint density at radius 2 is 2.28 bits per heavy atom. The Morgan fingerprint density at radius 3 is 3.11 bits per heavy atom. The molecule has 0 fully saturated rings. The van der Waals surface area contributed by atoms with Gasteiger partial charge in [0, 0.05) is 24.4 Å². The predicted molar refractivity (Wildman–Crippen MR) is 76.1 cm³/mol. The molecule has 1 aromatic carbocycles. The van der Waals surface area contributed by atoms with Gasteiger partial charge < -0.3 is 5.32 Å². The van der Waals surface area contributed by atoms with Crippen molar-refractivity contribution >= 4 is 11.3 Å². The summed E-state index contributed by atoms with van der Waals surface area (Å²) in [5.74, 6) is 0. The number of nitrogens with one attached hydrogen (secondary N) is 1. The standard InChI is InChI=1S/C15H18N2S/c1-11-17-13(10-18-11)8-9-16-15-7-6-12-4-2-3-5-14(12)15/h2-5,10,15-16H,6-9H2,1H3. The van der Waals surface area contributed by atoms with Crippen LogP contribution in [0.15, 0.2) is 29.6 Å². The van der Waals surface area contributed by atoms with Crippen LogP contribution in [-0.2, 0) is 12.8 Å². The second-order valence-electron chi connectivity index (χ2n) is 4.85. The summed E-state index contributed by atoms with van der Waals surface area (Å²) in [7, 11) is 0. The highest BCUT2D eigenvalue weighted by atomic mass is 32.1. The van der Waals surface area contributed by atoms with Crippen LogP contribution in [0.25, 0.3) is 0 Å². The van der Waals surface area contributed by atoms with Crippen molar-refractivity contribution < 1.29 is 0 Å². The Balaban J connectivity index is 1.56. The number of thiazole rings is 1. The van der Waals surface area contributed by atoms with Gasteiger partial charge in [0.05, 0.1) is 10.7 Å². The summed E-state index contributed by atoms with van der Waals surface area (Å²) in [5.41, 5.74) is 4.22. The maximum absolute atomic E-state index is 4.50. The molecular formula is C15H18N2S. The van der Waals surface area contributed by atoms with Gasteiger partial charge in [-0.2, -0.15) is 0 Å². The first-order valence-corrected chi connectivity index (χ1v) is 7.43. The van der Waals surface area contributed by atoms with Crippen LogP contribution in [0.2, 0.25) is 0 Å². The largest absolute Gasteiger partial charge is 0.310 e. The average molecular weight is 258 g/mol. The fourth-order valence-corrected chi connectivity index (χ4v) is 3.31. The predicted octanol–water partition coefficient (Wildman–Crippen LogP) is 3.27. The van der Waals surface area contributed by atoms with Gasteiger partial charge in [0.25, 0.3) is 0 Å². The fourth-order valence-electron chi connectivity index (χ4n) is 2.67. The molecule has 1 atom stereocenters. The van der Waals surface area contributed by atoms with E-state index in [4.69, 9.17) is 0 Å². The number of aryl methyl sites for hydroxylation is 2. The average Bonchev–Trinajstić information content (AvgIpc) is 2.97. The molecule has 0 radical (unpaired) electrons. The minimum atomic E-state index is 0.543. The monoisotopic (exact) mass is 258 g/mol. The third kappa shape index (κ3) is 2.47. The molecule has 18 heavy (non-hydrogen) atoms. The molecule has 2 aromatic rings. The summed E-state index contributed by atoms with van der Waals surface area (Å²) in [5, 5.41) is 6.99. The summed E-state index contributed by atoms with van der Waals surface area (Å²) in [6, 6.07) is 9.33. The van der Waals surface area contributed by atoms with Gasteiger partial charge in [-0.3, -0.25) is 0 Å². The van der Waals surface area contributed by atoms with Gasteiger partial charge in [0.15, 0.2) is 0 Å². The molecule has 1 unspecified atom stereocenters. The fraction of sp³-hybridized carbons (Fsp3) is 0.400. The Morgan fingerprint density at radius 1 is 1.39 bits per heavy atom. The van der Waals surface area contributed by atoms with Gasteiger partial charge in [-0.15, -0.1) is 11.3 Å². The number of fused-ring (bicyclic) bond motifs is 1. The number of aromatic nitrogens is 1. The summed E-state index contributed by atoms with van der Waals surface area (Å²) >= 11 is 1.74. The zero-order valence-electron chi connectivity index (χ0n) is 10.6. The van der Waals surface area contributed by atoms with Crippen LogP contribution in [0, 0.1) is 6.92 Å². The molecule has 1 aromatic heterocycles. The molecule has 0 spiro atoms. The first-order valence-electron chi connectivity index (χ1n) is 6.55. The van der Waals surface area contributed by atoms with Crippen LogP contribution >= 0.6 is 11.3 Å². The van der Waals surface area contributed by atoms with E-state index in [1.54, 1.807) is 11.3 Å². The van der Waals surface area contributed by atoms with Crippen molar-refractivity contribution in [2.75, 3.05) is 6.54 Å². The van der Waals surface area contributed by atoms with E-state index in [0.717, 1.165) is 18.0 Å². The van der Waals surface area contributed by atoms with Gasteiger partial charge >= 0.3 is 0 Å². The number of benzene rings is 1. The van der Waals surface area contributed by atoms with Gasteiger partial charge in [-0.25, -0.2) is 4.98 Å². The minimum Gasteiger partial charge on any atom is -0.310 e. The van der Waals surface area contributed by atoms with Gasteiger partial charge in [0.1, 0.15) is 0 Å². The third-order valence-corrected chi connectivity index (χ3v) is 4.39. The Bertz CT molecular complexity index is 533. The van der Waals surface area contributed by atoms with E-state index < -0.39 is 0 Å². The van der Waals surface area contributed by atoms with Crippen molar-refractivity contribution in [3.8, 4) is 0 Å². The van der Waals surface area contributed by atoms with Crippen molar-refractivity contribution in [2.45, 2.75) is 32.2 Å². The van der Waals surface area contributed by atoms with Crippen LogP contribution < -0.4 is 5.32 Å². The third-order valence-electron chi connectivity index (χ3n) is 3.57. The molecule has 1 heterocycles. The van der Waals surface area contributed by atoms with Crippen LogP contribution in [-0.4, -0.2) is 11.5 Å². The molecule has 3 heteroatoms.